The third-order valence-electron chi connectivity index (χ3n) is 6.02. The van der Waals surface area contributed by atoms with Gasteiger partial charge in [0.2, 0.25) is 10.4 Å². The molecule has 1 aromatic heterocycles. The second-order valence-corrected chi connectivity index (χ2v) is 8.32. The predicted octanol–water partition coefficient (Wildman–Crippen LogP) is 0.976. The van der Waals surface area contributed by atoms with E-state index in [2.05, 4.69) is 18.0 Å². The minimum absolute atomic E-state index is 0.354. The summed E-state index contributed by atoms with van der Waals surface area (Å²) in [5.74, 6) is 1.68. The van der Waals surface area contributed by atoms with Crippen molar-refractivity contribution in [3.8, 4) is 0 Å². The highest BCUT2D eigenvalue weighted by Gasteiger charge is 2.46. The summed E-state index contributed by atoms with van der Waals surface area (Å²) >= 11 is 0. The van der Waals surface area contributed by atoms with Crippen molar-refractivity contribution in [3.05, 3.63) is 42.1 Å². The number of hydrogen-bond acceptors (Lipinski definition) is 5. The summed E-state index contributed by atoms with van der Waals surface area (Å²) in [6.07, 6.45) is 5.26. The van der Waals surface area contributed by atoms with Crippen LogP contribution >= 0.6 is 0 Å². The van der Waals surface area contributed by atoms with E-state index in [9.17, 15) is 5.11 Å². The number of quaternary nitrogens is 1. The average Bonchev–Trinajstić information content (AvgIpc) is 2.66. The van der Waals surface area contributed by atoms with Crippen LogP contribution in [0.4, 0.5) is 0 Å². The van der Waals surface area contributed by atoms with Gasteiger partial charge in [-0.1, -0.05) is 25.1 Å². The normalized spacial score (nSPS) is 28.4. The molecule has 7 nitrogen and oxygen atoms in total. The number of pyridine rings is 1. The molecule has 148 valence electrons. The lowest BCUT2D eigenvalue weighted by Crippen LogP contribution is -3.20. The maximum absolute atomic E-state index is 11.1. The monoisotopic (exact) mass is 394 g/mol. The lowest BCUT2D eigenvalue weighted by molar-refractivity contribution is -0.950. The summed E-state index contributed by atoms with van der Waals surface area (Å²) in [4.78, 5) is 6.04. The molecule has 8 heteroatoms. The van der Waals surface area contributed by atoms with E-state index in [1.54, 1.807) is 4.90 Å². The third kappa shape index (κ3) is 4.83. The van der Waals surface area contributed by atoms with Gasteiger partial charge in [0.05, 0.1) is 18.6 Å². The number of nitrogens with one attached hydrogen (secondary N) is 1. The second-order valence-electron chi connectivity index (χ2n) is 7.46. The van der Waals surface area contributed by atoms with E-state index in [1.165, 1.54) is 32.4 Å². The summed E-state index contributed by atoms with van der Waals surface area (Å²) < 4.78 is 32.8. The van der Waals surface area contributed by atoms with Crippen molar-refractivity contribution in [1.82, 2.24) is 4.98 Å². The van der Waals surface area contributed by atoms with Gasteiger partial charge in [-0.2, -0.15) is 0 Å². The number of aliphatic hydroxyl groups excluding tert-OH is 1. The van der Waals surface area contributed by atoms with Crippen molar-refractivity contribution >= 4 is 21.3 Å². The van der Waals surface area contributed by atoms with Crippen molar-refractivity contribution in [2.45, 2.75) is 38.3 Å². The first-order valence-electron chi connectivity index (χ1n) is 9.32. The number of hydrogen-bond donors (Lipinski definition) is 3. The number of aliphatic hydroxyl groups is 1. The molecule has 2 aromatic rings. The molecule has 4 heterocycles. The molecule has 0 aliphatic carbocycles. The lowest BCUT2D eigenvalue weighted by Gasteiger charge is -2.48. The first-order valence-corrected chi connectivity index (χ1v) is 10.7. The van der Waals surface area contributed by atoms with E-state index in [0.29, 0.717) is 6.04 Å². The Balaban J connectivity index is 0.000000376. The van der Waals surface area contributed by atoms with Gasteiger partial charge in [-0.15, -0.1) is 0 Å². The van der Waals surface area contributed by atoms with Gasteiger partial charge in [0.1, 0.15) is 12.1 Å². The standard InChI is InChI=1S/C19H24N2O.H2O4S/c1-2-13-12-21-10-8-14(13)11-18(21)19(22)16-7-9-20-17-6-4-3-5-15(16)17;1-5(2,3)4/h3-7,9,13-14,18-19,22H,2,8,10-12H2,1H3;(H2,1,2,3,4)/t13?,14?,18-,19+;/m1./s1. The fourth-order valence-corrected chi connectivity index (χ4v) is 4.77. The van der Waals surface area contributed by atoms with Gasteiger partial charge in [-0.05, 0) is 30.0 Å². The number of rotatable bonds is 3. The Morgan fingerprint density at radius 3 is 2.67 bits per heavy atom. The van der Waals surface area contributed by atoms with E-state index < -0.39 is 10.4 Å². The van der Waals surface area contributed by atoms with Crippen LogP contribution in [-0.4, -0.2) is 46.7 Å². The molecular weight excluding hydrogens is 368 g/mol. The summed E-state index contributed by atoms with van der Waals surface area (Å²) in [5.41, 5.74) is 2.04. The zero-order valence-electron chi connectivity index (χ0n) is 15.3. The van der Waals surface area contributed by atoms with Crippen molar-refractivity contribution in [2.75, 3.05) is 13.1 Å². The average molecular weight is 394 g/mol. The highest BCUT2D eigenvalue weighted by atomic mass is 32.3. The molecule has 3 saturated heterocycles. The number of benzene rings is 1. The minimum Gasteiger partial charge on any atom is -0.726 e. The van der Waals surface area contributed by atoms with Crippen LogP contribution < -0.4 is 4.90 Å². The van der Waals surface area contributed by atoms with E-state index >= 15 is 0 Å². The quantitative estimate of drug-likeness (QED) is 0.528. The first kappa shape index (κ1) is 20.2. The molecule has 1 aromatic carbocycles. The SMILES string of the molecule is CCC1C[NH+]2CCC1C[C@@H]2[C@@H](O)c1ccnc2ccccc12.O=S(=O)([O-])O. The molecule has 0 radical (unpaired) electrons. The predicted molar refractivity (Wildman–Crippen MR) is 100 cm³/mol. The smallest absolute Gasteiger partial charge is 0.215 e. The lowest BCUT2D eigenvalue weighted by atomic mass is 9.72. The van der Waals surface area contributed by atoms with Gasteiger partial charge in [-0.3, -0.25) is 9.54 Å². The molecule has 0 amide bonds. The molecule has 5 atom stereocenters. The maximum atomic E-state index is 11.1. The molecule has 2 bridgehead atoms. The Morgan fingerprint density at radius 2 is 2.04 bits per heavy atom. The van der Waals surface area contributed by atoms with Crippen LogP contribution in [0.1, 0.15) is 37.9 Å². The minimum atomic E-state index is -4.92. The van der Waals surface area contributed by atoms with Gasteiger partial charge in [0, 0.05) is 30.3 Å². The summed E-state index contributed by atoms with van der Waals surface area (Å²) in [6.45, 7) is 4.78. The van der Waals surface area contributed by atoms with Crippen molar-refractivity contribution in [1.29, 1.82) is 0 Å². The number of nitrogens with zero attached hydrogens (tertiary/aromatic N) is 1. The van der Waals surface area contributed by atoms with Crippen LogP contribution in [0.5, 0.6) is 0 Å². The zero-order valence-corrected chi connectivity index (χ0v) is 16.1. The van der Waals surface area contributed by atoms with Gasteiger partial charge in [-0.25, -0.2) is 8.42 Å². The van der Waals surface area contributed by atoms with Crippen LogP contribution in [0.3, 0.4) is 0 Å². The van der Waals surface area contributed by atoms with Gasteiger partial charge in [0.15, 0.2) is 0 Å². The first-order chi connectivity index (χ1) is 12.8. The Bertz CT molecular complexity index is 875. The largest absolute Gasteiger partial charge is 0.726 e. The molecule has 3 aliphatic rings. The van der Waals surface area contributed by atoms with E-state index in [-0.39, 0.29) is 6.10 Å². The fourth-order valence-electron chi connectivity index (χ4n) is 4.77. The second kappa shape index (κ2) is 8.20. The molecule has 0 spiro atoms. The maximum Gasteiger partial charge on any atom is 0.215 e. The number of aromatic nitrogens is 1. The molecule has 3 fully saturated rings. The topological polar surface area (TPSA) is 115 Å². The Morgan fingerprint density at radius 1 is 1.33 bits per heavy atom. The van der Waals surface area contributed by atoms with Crippen LogP contribution in [0.15, 0.2) is 36.5 Å². The van der Waals surface area contributed by atoms with Crippen molar-refractivity contribution < 1.29 is 27.5 Å². The Kier molecular flexibility index (Phi) is 6.12. The Labute approximate surface area is 159 Å². The summed E-state index contributed by atoms with van der Waals surface area (Å²) in [7, 11) is -4.92. The third-order valence-corrected chi connectivity index (χ3v) is 6.02. The molecule has 27 heavy (non-hydrogen) atoms. The molecule has 3 unspecified atom stereocenters. The van der Waals surface area contributed by atoms with Gasteiger partial charge in [0.25, 0.3) is 0 Å². The highest BCUT2D eigenvalue weighted by Crippen LogP contribution is 2.34. The molecule has 5 rings (SSSR count). The van der Waals surface area contributed by atoms with E-state index in [0.717, 1.165) is 28.3 Å². The zero-order chi connectivity index (χ0) is 19.6. The van der Waals surface area contributed by atoms with Crippen LogP contribution in [-0.2, 0) is 10.4 Å². The molecule has 0 saturated carbocycles. The van der Waals surface area contributed by atoms with Crippen molar-refractivity contribution in [2.24, 2.45) is 11.8 Å². The van der Waals surface area contributed by atoms with Gasteiger partial charge >= 0.3 is 0 Å². The Hall–Kier alpha value is -1.58. The highest BCUT2D eigenvalue weighted by molar-refractivity contribution is 7.79. The summed E-state index contributed by atoms with van der Waals surface area (Å²) in [5, 5.41) is 12.2. The van der Waals surface area contributed by atoms with Gasteiger partial charge < -0.3 is 14.6 Å². The van der Waals surface area contributed by atoms with E-state index in [1.807, 2.05) is 30.5 Å². The van der Waals surface area contributed by atoms with Crippen LogP contribution in [0.2, 0.25) is 0 Å². The van der Waals surface area contributed by atoms with E-state index in [4.69, 9.17) is 17.5 Å². The number of para-hydroxylation sites is 1. The molecular formula is C19H26N2O5S. The number of fused-ring (bicyclic) bond motifs is 4. The van der Waals surface area contributed by atoms with Crippen molar-refractivity contribution in [3.63, 3.8) is 0 Å². The fraction of sp³-hybridized carbons (Fsp3) is 0.526. The molecule has 3 N–H and O–H groups in total. The summed E-state index contributed by atoms with van der Waals surface area (Å²) in [6, 6.07) is 10.5. The molecule has 3 aliphatic heterocycles. The van der Waals surface area contributed by atoms with Crippen LogP contribution in [0.25, 0.3) is 10.9 Å². The number of piperidine rings is 3. The van der Waals surface area contributed by atoms with Crippen LogP contribution in [0, 0.1) is 11.8 Å².